The number of rotatable bonds is 5. The fourth-order valence-corrected chi connectivity index (χ4v) is 2.91. The summed E-state index contributed by atoms with van der Waals surface area (Å²) in [5, 5.41) is 10.2. The van der Waals surface area contributed by atoms with Crippen LogP contribution in [0.2, 0.25) is 0 Å². The molecule has 6 nitrogen and oxygen atoms in total. The third-order valence-corrected chi connectivity index (χ3v) is 4.23. The highest BCUT2D eigenvalue weighted by atomic mass is 16.5. The fourth-order valence-electron chi connectivity index (χ4n) is 2.91. The molecule has 0 saturated carbocycles. The first kappa shape index (κ1) is 17.1. The van der Waals surface area contributed by atoms with Crippen molar-refractivity contribution in [2.75, 3.05) is 32.3 Å². The van der Waals surface area contributed by atoms with Crippen LogP contribution in [-0.4, -0.2) is 38.4 Å². The zero-order valence-corrected chi connectivity index (χ0v) is 14.3. The van der Waals surface area contributed by atoms with Crippen LogP contribution in [0.15, 0.2) is 42.5 Å². The van der Waals surface area contributed by atoms with E-state index in [1.54, 1.807) is 49.5 Å². The van der Waals surface area contributed by atoms with E-state index in [0.717, 1.165) is 0 Å². The molecule has 1 aliphatic heterocycles. The van der Waals surface area contributed by atoms with Gasteiger partial charge >= 0.3 is 0 Å². The zero-order chi connectivity index (χ0) is 17.8. The lowest BCUT2D eigenvalue weighted by molar-refractivity contribution is -0.120. The van der Waals surface area contributed by atoms with E-state index in [2.05, 4.69) is 0 Å². The molecule has 0 bridgehead atoms. The number of carbonyl (C=O) groups is 1. The van der Waals surface area contributed by atoms with Gasteiger partial charge in [-0.15, -0.1) is 0 Å². The molecular formula is C19H21NO5. The van der Waals surface area contributed by atoms with Gasteiger partial charge in [0.15, 0.2) is 18.1 Å². The van der Waals surface area contributed by atoms with Crippen LogP contribution < -0.4 is 19.1 Å². The molecule has 0 aromatic heterocycles. The first-order valence-electron chi connectivity index (χ1n) is 8.06. The Morgan fingerprint density at radius 2 is 1.92 bits per heavy atom. The lowest BCUT2D eigenvalue weighted by Crippen LogP contribution is -2.39. The van der Waals surface area contributed by atoms with Crippen LogP contribution in [0.1, 0.15) is 18.1 Å². The fraction of sp³-hybridized carbons (Fsp3) is 0.316. The topological polar surface area (TPSA) is 68.2 Å². The number of benzene rings is 2. The van der Waals surface area contributed by atoms with Crippen molar-refractivity contribution in [3.8, 4) is 17.2 Å². The lowest BCUT2D eigenvalue weighted by atomic mass is 9.98. The highest BCUT2D eigenvalue weighted by molar-refractivity contribution is 5.95. The van der Waals surface area contributed by atoms with Gasteiger partial charge in [0.25, 0.3) is 5.91 Å². The second kappa shape index (κ2) is 7.44. The van der Waals surface area contributed by atoms with E-state index in [-0.39, 0.29) is 12.5 Å². The molecular weight excluding hydrogens is 322 g/mol. The number of carbonyl (C=O) groups excluding carboxylic acids is 1. The molecule has 0 aliphatic carbocycles. The molecule has 1 N–H and O–H groups in total. The third-order valence-electron chi connectivity index (χ3n) is 4.23. The third kappa shape index (κ3) is 3.53. The van der Waals surface area contributed by atoms with E-state index < -0.39 is 6.10 Å². The minimum absolute atomic E-state index is 0.109. The first-order valence-corrected chi connectivity index (χ1v) is 8.06. The van der Waals surface area contributed by atoms with E-state index in [1.165, 1.54) is 0 Å². The van der Waals surface area contributed by atoms with Gasteiger partial charge in [0.05, 0.1) is 20.3 Å². The Balaban J connectivity index is 1.76. The lowest BCUT2D eigenvalue weighted by Gasteiger charge is -2.32. The standard InChI is InChI=1S/C19H21NO5/c1-23-13-7-8-15-14(11-13)16(21)9-10-20(15)19(22)12-25-18-6-4-3-5-17(18)24-2/h3-8,11,16,21H,9-10,12H2,1-2H3. The molecule has 2 aromatic rings. The highest BCUT2D eigenvalue weighted by Crippen LogP contribution is 2.36. The maximum atomic E-state index is 12.6. The van der Waals surface area contributed by atoms with Crippen LogP contribution >= 0.6 is 0 Å². The summed E-state index contributed by atoms with van der Waals surface area (Å²) >= 11 is 0. The predicted octanol–water partition coefficient (Wildman–Crippen LogP) is 2.55. The Labute approximate surface area is 146 Å². The number of hydrogen-bond acceptors (Lipinski definition) is 5. The number of aliphatic hydroxyl groups is 1. The second-order valence-corrected chi connectivity index (χ2v) is 5.71. The van der Waals surface area contributed by atoms with Crippen LogP contribution in [0, 0.1) is 0 Å². The number of para-hydroxylation sites is 2. The van der Waals surface area contributed by atoms with Crippen LogP contribution in [0.5, 0.6) is 17.2 Å². The van der Waals surface area contributed by atoms with Gasteiger partial charge in [-0.2, -0.15) is 0 Å². The van der Waals surface area contributed by atoms with Crippen molar-refractivity contribution in [2.45, 2.75) is 12.5 Å². The van der Waals surface area contributed by atoms with Crippen molar-refractivity contribution >= 4 is 11.6 Å². The summed E-state index contributed by atoms with van der Waals surface area (Å²) < 4.78 is 16.1. The van der Waals surface area contributed by atoms with Crippen LogP contribution in [0.25, 0.3) is 0 Å². The maximum absolute atomic E-state index is 12.6. The molecule has 1 heterocycles. The van der Waals surface area contributed by atoms with Crippen molar-refractivity contribution in [3.05, 3.63) is 48.0 Å². The summed E-state index contributed by atoms with van der Waals surface area (Å²) in [6.07, 6.45) is -0.134. The smallest absolute Gasteiger partial charge is 0.264 e. The average Bonchev–Trinajstić information content (AvgIpc) is 2.66. The quantitative estimate of drug-likeness (QED) is 0.904. The summed E-state index contributed by atoms with van der Waals surface area (Å²) in [6, 6.07) is 12.5. The number of amides is 1. The van der Waals surface area contributed by atoms with Crippen molar-refractivity contribution in [1.82, 2.24) is 0 Å². The largest absolute Gasteiger partial charge is 0.497 e. The molecule has 1 unspecified atom stereocenters. The van der Waals surface area contributed by atoms with E-state index in [4.69, 9.17) is 14.2 Å². The molecule has 1 amide bonds. The van der Waals surface area contributed by atoms with E-state index in [1.807, 2.05) is 12.1 Å². The molecule has 2 aromatic carbocycles. The van der Waals surface area contributed by atoms with Crippen LogP contribution in [0.3, 0.4) is 0 Å². The van der Waals surface area contributed by atoms with Gasteiger partial charge in [-0.05, 0) is 36.8 Å². The van der Waals surface area contributed by atoms with Gasteiger partial charge in [-0.3, -0.25) is 4.79 Å². The molecule has 0 saturated heterocycles. The molecule has 0 fully saturated rings. The SMILES string of the molecule is COc1ccc2c(c1)C(O)CCN2C(=O)COc1ccccc1OC. The number of methoxy groups -OCH3 is 2. The molecule has 1 aliphatic rings. The number of nitrogens with zero attached hydrogens (tertiary/aromatic N) is 1. The van der Waals surface area contributed by atoms with Gasteiger partial charge in [0.1, 0.15) is 5.75 Å². The number of ether oxygens (including phenoxy) is 3. The van der Waals surface area contributed by atoms with Crippen LogP contribution in [-0.2, 0) is 4.79 Å². The second-order valence-electron chi connectivity index (χ2n) is 5.71. The highest BCUT2D eigenvalue weighted by Gasteiger charge is 2.28. The summed E-state index contributed by atoms with van der Waals surface area (Å²) in [7, 11) is 3.13. The van der Waals surface area contributed by atoms with Crippen LogP contribution in [0.4, 0.5) is 5.69 Å². The van der Waals surface area contributed by atoms with Gasteiger partial charge in [-0.1, -0.05) is 12.1 Å². The van der Waals surface area contributed by atoms with Gasteiger partial charge in [0, 0.05) is 17.8 Å². The van der Waals surface area contributed by atoms with E-state index >= 15 is 0 Å². The predicted molar refractivity (Wildman–Crippen MR) is 93.4 cm³/mol. The molecule has 1 atom stereocenters. The molecule has 6 heteroatoms. The summed E-state index contributed by atoms with van der Waals surface area (Å²) in [6.45, 7) is 0.330. The molecule has 25 heavy (non-hydrogen) atoms. The molecule has 0 spiro atoms. The normalized spacial score (nSPS) is 16.1. The van der Waals surface area contributed by atoms with Crippen molar-refractivity contribution in [2.24, 2.45) is 0 Å². The Morgan fingerprint density at radius 3 is 2.64 bits per heavy atom. The Bertz CT molecular complexity index is 761. The first-order chi connectivity index (χ1) is 12.1. The maximum Gasteiger partial charge on any atom is 0.264 e. The number of hydrogen-bond donors (Lipinski definition) is 1. The molecule has 3 rings (SSSR count). The Morgan fingerprint density at radius 1 is 1.16 bits per heavy atom. The monoisotopic (exact) mass is 343 g/mol. The van der Waals surface area contributed by atoms with E-state index in [9.17, 15) is 9.90 Å². The average molecular weight is 343 g/mol. The summed E-state index contributed by atoms with van der Waals surface area (Å²) in [5.41, 5.74) is 1.38. The number of aliphatic hydroxyl groups excluding tert-OH is 1. The Kier molecular flexibility index (Phi) is 5.09. The van der Waals surface area contributed by atoms with Gasteiger partial charge in [-0.25, -0.2) is 0 Å². The Hall–Kier alpha value is -2.73. The number of fused-ring (bicyclic) bond motifs is 1. The summed E-state index contributed by atoms with van der Waals surface area (Å²) in [4.78, 5) is 14.3. The van der Waals surface area contributed by atoms with Crippen molar-refractivity contribution in [1.29, 1.82) is 0 Å². The van der Waals surface area contributed by atoms with Crippen molar-refractivity contribution in [3.63, 3.8) is 0 Å². The summed E-state index contributed by atoms with van der Waals surface area (Å²) in [5.74, 6) is 1.57. The van der Waals surface area contributed by atoms with Gasteiger partial charge in [0.2, 0.25) is 0 Å². The molecule has 132 valence electrons. The van der Waals surface area contributed by atoms with Gasteiger partial charge < -0.3 is 24.2 Å². The van der Waals surface area contributed by atoms with Crippen molar-refractivity contribution < 1.29 is 24.1 Å². The minimum Gasteiger partial charge on any atom is -0.497 e. The minimum atomic E-state index is -0.607. The zero-order valence-electron chi connectivity index (χ0n) is 14.3. The van der Waals surface area contributed by atoms with E-state index in [0.29, 0.717) is 41.5 Å². The molecule has 0 radical (unpaired) electrons. The number of anilines is 1.